The van der Waals surface area contributed by atoms with Gasteiger partial charge in [-0.25, -0.2) is 0 Å². The zero-order chi connectivity index (χ0) is 13.8. The molecule has 108 valence electrons. The van der Waals surface area contributed by atoms with Crippen molar-refractivity contribution in [2.24, 2.45) is 0 Å². The Morgan fingerprint density at radius 3 is 2.42 bits per heavy atom. The van der Waals surface area contributed by atoms with Crippen molar-refractivity contribution in [3.05, 3.63) is 35.4 Å². The maximum atomic E-state index is 5.67. The van der Waals surface area contributed by atoms with Crippen molar-refractivity contribution in [1.29, 1.82) is 0 Å². The van der Waals surface area contributed by atoms with Crippen LogP contribution < -0.4 is 5.32 Å². The van der Waals surface area contributed by atoms with Crippen LogP contribution in [-0.2, 0) is 27.4 Å². The molecule has 0 heterocycles. The Kier molecular flexibility index (Phi) is 9.27. The third-order valence-electron chi connectivity index (χ3n) is 2.75. The molecule has 0 aliphatic heterocycles. The average molecular weight is 267 g/mol. The quantitative estimate of drug-likeness (QED) is 0.622. The highest BCUT2D eigenvalue weighted by molar-refractivity contribution is 5.26. The molecule has 0 radical (unpaired) electrons. The van der Waals surface area contributed by atoms with E-state index in [1.165, 1.54) is 11.1 Å². The van der Waals surface area contributed by atoms with Crippen LogP contribution in [0.1, 0.15) is 17.5 Å². The zero-order valence-electron chi connectivity index (χ0n) is 12.0. The summed E-state index contributed by atoms with van der Waals surface area (Å²) in [6.07, 6.45) is 0.915. The molecule has 1 aromatic rings. The molecular formula is C15H25NO3. The minimum absolute atomic E-state index is 0.651. The molecule has 4 nitrogen and oxygen atoms in total. The summed E-state index contributed by atoms with van der Waals surface area (Å²) < 4.78 is 15.9. The number of ether oxygens (including phenoxy) is 3. The van der Waals surface area contributed by atoms with Crippen LogP contribution in [0, 0.1) is 0 Å². The van der Waals surface area contributed by atoms with Gasteiger partial charge in [0.15, 0.2) is 0 Å². The van der Waals surface area contributed by atoms with E-state index in [9.17, 15) is 0 Å². The van der Waals surface area contributed by atoms with Crippen molar-refractivity contribution in [3.8, 4) is 0 Å². The van der Waals surface area contributed by atoms with E-state index < -0.39 is 0 Å². The Labute approximate surface area is 116 Å². The second kappa shape index (κ2) is 10.9. The Hall–Kier alpha value is -0.940. The minimum Gasteiger partial charge on any atom is -0.382 e. The van der Waals surface area contributed by atoms with Crippen molar-refractivity contribution < 1.29 is 14.2 Å². The number of hydrogen-bond donors (Lipinski definition) is 1. The van der Waals surface area contributed by atoms with Gasteiger partial charge in [-0.2, -0.15) is 0 Å². The largest absolute Gasteiger partial charge is 0.382 e. The van der Waals surface area contributed by atoms with Crippen molar-refractivity contribution in [2.45, 2.75) is 19.6 Å². The molecule has 1 aromatic carbocycles. The summed E-state index contributed by atoms with van der Waals surface area (Å²) in [5.41, 5.74) is 2.54. The summed E-state index contributed by atoms with van der Waals surface area (Å²) in [5, 5.41) is 3.17. The molecular weight excluding hydrogens is 242 g/mol. The fourth-order valence-electron chi connectivity index (χ4n) is 1.75. The highest BCUT2D eigenvalue weighted by Gasteiger charge is 2.00. The van der Waals surface area contributed by atoms with Crippen molar-refractivity contribution in [1.82, 2.24) is 5.32 Å². The summed E-state index contributed by atoms with van der Waals surface area (Å²) in [6.45, 7) is 4.29. The van der Waals surface area contributed by atoms with E-state index in [1.54, 1.807) is 7.11 Å². The first-order valence-electron chi connectivity index (χ1n) is 6.74. The summed E-state index contributed by atoms with van der Waals surface area (Å²) in [4.78, 5) is 0. The third kappa shape index (κ3) is 7.28. The molecule has 0 bridgehead atoms. The Morgan fingerprint density at radius 2 is 1.68 bits per heavy atom. The first-order chi connectivity index (χ1) is 9.38. The molecule has 1 N–H and O–H groups in total. The van der Waals surface area contributed by atoms with Crippen LogP contribution in [0.4, 0.5) is 0 Å². The van der Waals surface area contributed by atoms with Gasteiger partial charge in [0.25, 0.3) is 0 Å². The lowest BCUT2D eigenvalue weighted by atomic mass is 10.1. The van der Waals surface area contributed by atoms with Gasteiger partial charge in [-0.1, -0.05) is 24.3 Å². The Bertz CT molecular complexity index is 331. The lowest BCUT2D eigenvalue weighted by Crippen LogP contribution is -2.09. The molecule has 0 amide bonds. The molecule has 0 saturated carbocycles. The van der Waals surface area contributed by atoms with Gasteiger partial charge < -0.3 is 19.5 Å². The number of hydrogen-bond acceptors (Lipinski definition) is 4. The first-order valence-corrected chi connectivity index (χ1v) is 6.74. The summed E-state index contributed by atoms with van der Waals surface area (Å²) in [7, 11) is 3.63. The number of benzene rings is 1. The Morgan fingerprint density at radius 1 is 0.947 bits per heavy atom. The summed E-state index contributed by atoms with van der Waals surface area (Å²) in [5.74, 6) is 0. The molecule has 0 aliphatic rings. The molecule has 0 aromatic heterocycles. The van der Waals surface area contributed by atoms with E-state index >= 15 is 0 Å². The van der Waals surface area contributed by atoms with Crippen LogP contribution >= 0.6 is 0 Å². The molecule has 0 saturated heterocycles. The summed E-state index contributed by atoms with van der Waals surface area (Å²) in [6, 6.07) is 8.34. The van der Waals surface area contributed by atoms with E-state index in [4.69, 9.17) is 14.2 Å². The van der Waals surface area contributed by atoms with Gasteiger partial charge in [-0.3, -0.25) is 0 Å². The monoisotopic (exact) mass is 267 g/mol. The van der Waals surface area contributed by atoms with Gasteiger partial charge in [-0.15, -0.1) is 0 Å². The normalized spacial score (nSPS) is 10.8. The predicted octanol–water partition coefficient (Wildman–Crippen LogP) is 1.98. The van der Waals surface area contributed by atoms with Crippen LogP contribution in [0.3, 0.4) is 0 Å². The van der Waals surface area contributed by atoms with Gasteiger partial charge in [0.1, 0.15) is 0 Å². The maximum Gasteiger partial charge on any atom is 0.0720 e. The van der Waals surface area contributed by atoms with Gasteiger partial charge in [-0.05, 0) is 24.6 Å². The number of rotatable bonds is 11. The van der Waals surface area contributed by atoms with Crippen LogP contribution in [0.25, 0.3) is 0 Å². The van der Waals surface area contributed by atoms with E-state index in [1.807, 2.05) is 13.1 Å². The molecule has 1 rings (SSSR count). The van der Waals surface area contributed by atoms with E-state index in [2.05, 4.69) is 23.5 Å². The lowest BCUT2D eigenvalue weighted by molar-refractivity contribution is 0.0482. The van der Waals surface area contributed by atoms with Crippen molar-refractivity contribution in [2.75, 3.05) is 40.6 Å². The van der Waals surface area contributed by atoms with Gasteiger partial charge in [0.2, 0.25) is 0 Å². The van der Waals surface area contributed by atoms with Gasteiger partial charge in [0, 0.05) is 26.9 Å². The molecule has 0 unspecified atom stereocenters. The molecule has 4 heteroatoms. The highest BCUT2D eigenvalue weighted by Crippen LogP contribution is 2.09. The lowest BCUT2D eigenvalue weighted by Gasteiger charge is -2.10. The van der Waals surface area contributed by atoms with Gasteiger partial charge >= 0.3 is 0 Å². The van der Waals surface area contributed by atoms with Crippen LogP contribution in [0.5, 0.6) is 0 Å². The van der Waals surface area contributed by atoms with E-state index in [0.717, 1.165) is 26.2 Å². The van der Waals surface area contributed by atoms with Crippen LogP contribution in [-0.4, -0.2) is 40.6 Å². The third-order valence-corrected chi connectivity index (χ3v) is 2.75. The predicted molar refractivity (Wildman–Crippen MR) is 76.2 cm³/mol. The molecule has 0 spiro atoms. The fourth-order valence-corrected chi connectivity index (χ4v) is 1.75. The van der Waals surface area contributed by atoms with E-state index in [-0.39, 0.29) is 0 Å². The van der Waals surface area contributed by atoms with Crippen molar-refractivity contribution >= 4 is 0 Å². The first kappa shape index (κ1) is 16.1. The van der Waals surface area contributed by atoms with Crippen LogP contribution in [0.2, 0.25) is 0 Å². The average Bonchev–Trinajstić information content (AvgIpc) is 2.44. The topological polar surface area (TPSA) is 39.7 Å². The molecule has 19 heavy (non-hydrogen) atoms. The summed E-state index contributed by atoms with van der Waals surface area (Å²) >= 11 is 0. The number of methoxy groups -OCH3 is 1. The smallest absolute Gasteiger partial charge is 0.0720 e. The second-order valence-electron chi connectivity index (χ2n) is 4.31. The SMILES string of the molecule is CNCc1ccccc1COCCCOCCOC. The van der Waals surface area contributed by atoms with E-state index in [0.29, 0.717) is 19.8 Å². The zero-order valence-corrected chi connectivity index (χ0v) is 12.0. The maximum absolute atomic E-state index is 5.67. The van der Waals surface area contributed by atoms with Crippen LogP contribution in [0.15, 0.2) is 24.3 Å². The number of nitrogens with one attached hydrogen (secondary N) is 1. The standard InChI is InChI=1S/C15H25NO3/c1-16-12-14-6-3-4-7-15(14)13-19-9-5-8-18-11-10-17-2/h3-4,6-7,16H,5,8-13H2,1-2H3. The van der Waals surface area contributed by atoms with Gasteiger partial charge in [0.05, 0.1) is 19.8 Å². The molecule has 0 atom stereocenters. The minimum atomic E-state index is 0.651. The molecule has 0 aliphatic carbocycles. The highest BCUT2D eigenvalue weighted by atomic mass is 16.5. The second-order valence-corrected chi connectivity index (χ2v) is 4.31. The van der Waals surface area contributed by atoms with Crippen molar-refractivity contribution in [3.63, 3.8) is 0 Å². The Balaban J connectivity index is 2.12. The fraction of sp³-hybridized carbons (Fsp3) is 0.600. The molecule has 0 fully saturated rings.